The summed E-state index contributed by atoms with van der Waals surface area (Å²) in [4.78, 5) is 26.4. The first-order valence-electron chi connectivity index (χ1n) is 10.6. The van der Waals surface area contributed by atoms with Crippen molar-refractivity contribution in [3.05, 3.63) is 11.6 Å². The number of cyclic esters (lactones) is 1. The van der Waals surface area contributed by atoms with E-state index < -0.39 is 5.79 Å². The zero-order chi connectivity index (χ0) is 18.8. The van der Waals surface area contributed by atoms with E-state index in [0.717, 1.165) is 45.1 Å². The highest BCUT2D eigenvalue weighted by atomic mass is 16.7. The number of esters is 2. The Hall–Kier alpha value is -1.40. The Balaban J connectivity index is 1.44. The monoisotopic (exact) mass is 375 g/mol. The zero-order valence-electron chi connectivity index (χ0n) is 16.2. The number of nitrogens with zero attached hydrogens (tertiary/aromatic N) is 1. The minimum absolute atomic E-state index is 0.0434. The Bertz CT molecular complexity index is 690. The molecule has 4 fully saturated rings. The van der Waals surface area contributed by atoms with Crippen LogP contribution in [0.25, 0.3) is 0 Å². The molecule has 4 saturated heterocycles. The van der Waals surface area contributed by atoms with Crippen molar-refractivity contribution >= 4 is 11.9 Å². The first-order valence-corrected chi connectivity index (χ1v) is 10.6. The summed E-state index contributed by atoms with van der Waals surface area (Å²) in [6.45, 7) is 5.03. The van der Waals surface area contributed by atoms with Gasteiger partial charge in [-0.1, -0.05) is 6.92 Å². The predicted octanol–water partition coefficient (Wildman–Crippen LogP) is 2.56. The van der Waals surface area contributed by atoms with Crippen molar-refractivity contribution in [3.63, 3.8) is 0 Å². The summed E-state index contributed by atoms with van der Waals surface area (Å²) in [5, 5.41) is 0. The number of ether oxygens (including phenoxy) is 3. The molecule has 0 saturated carbocycles. The van der Waals surface area contributed by atoms with Crippen molar-refractivity contribution in [2.75, 3.05) is 6.54 Å². The van der Waals surface area contributed by atoms with E-state index in [2.05, 4.69) is 11.8 Å². The minimum atomic E-state index is -0.869. The van der Waals surface area contributed by atoms with Crippen LogP contribution >= 0.6 is 0 Å². The predicted molar refractivity (Wildman–Crippen MR) is 96.6 cm³/mol. The number of hydrogen-bond acceptors (Lipinski definition) is 6. The van der Waals surface area contributed by atoms with Crippen molar-refractivity contribution in [1.29, 1.82) is 0 Å². The molecule has 27 heavy (non-hydrogen) atoms. The van der Waals surface area contributed by atoms with Gasteiger partial charge in [0, 0.05) is 35.9 Å². The summed E-state index contributed by atoms with van der Waals surface area (Å²) in [7, 11) is 0. The van der Waals surface area contributed by atoms with Crippen molar-refractivity contribution in [2.45, 2.75) is 88.9 Å². The van der Waals surface area contributed by atoms with Gasteiger partial charge in [0.25, 0.3) is 0 Å². The third-order valence-corrected chi connectivity index (χ3v) is 7.48. The molecule has 6 nitrogen and oxygen atoms in total. The van der Waals surface area contributed by atoms with E-state index in [4.69, 9.17) is 14.2 Å². The van der Waals surface area contributed by atoms with E-state index in [0.29, 0.717) is 30.0 Å². The zero-order valence-corrected chi connectivity index (χ0v) is 16.2. The second kappa shape index (κ2) is 6.31. The molecular formula is C21H29NO5. The van der Waals surface area contributed by atoms with Crippen LogP contribution in [-0.4, -0.2) is 53.5 Å². The fourth-order valence-corrected chi connectivity index (χ4v) is 6.47. The molecule has 0 aromatic rings. The highest BCUT2D eigenvalue weighted by molar-refractivity contribution is 5.90. The Morgan fingerprint density at radius 2 is 1.96 bits per heavy atom. The van der Waals surface area contributed by atoms with Gasteiger partial charge in [0.15, 0.2) is 0 Å². The lowest BCUT2D eigenvalue weighted by Crippen LogP contribution is -2.48. The van der Waals surface area contributed by atoms with Gasteiger partial charge in [-0.25, -0.2) is 4.79 Å². The largest absolute Gasteiger partial charge is 0.461 e. The topological polar surface area (TPSA) is 65.1 Å². The molecule has 6 heteroatoms. The van der Waals surface area contributed by atoms with Gasteiger partial charge in [-0.3, -0.25) is 9.69 Å². The van der Waals surface area contributed by atoms with Gasteiger partial charge in [-0.05, 0) is 58.1 Å². The van der Waals surface area contributed by atoms with Crippen LogP contribution in [0.4, 0.5) is 0 Å². The summed E-state index contributed by atoms with van der Waals surface area (Å²) in [5.41, 5.74) is 0.656. The Labute approximate surface area is 160 Å². The van der Waals surface area contributed by atoms with Crippen molar-refractivity contribution < 1.29 is 23.8 Å². The lowest BCUT2D eigenvalue weighted by atomic mass is 9.77. The first kappa shape index (κ1) is 17.7. The van der Waals surface area contributed by atoms with E-state index in [9.17, 15) is 9.59 Å². The molecule has 0 aliphatic carbocycles. The second-order valence-electron chi connectivity index (χ2n) is 8.85. The van der Waals surface area contributed by atoms with Crippen LogP contribution in [0.1, 0.15) is 58.8 Å². The van der Waals surface area contributed by atoms with Crippen LogP contribution in [0.15, 0.2) is 11.6 Å². The van der Waals surface area contributed by atoms with Gasteiger partial charge >= 0.3 is 11.9 Å². The highest BCUT2D eigenvalue weighted by Gasteiger charge is 2.62. The van der Waals surface area contributed by atoms with E-state index in [1.807, 2.05) is 13.0 Å². The van der Waals surface area contributed by atoms with Crippen LogP contribution < -0.4 is 0 Å². The van der Waals surface area contributed by atoms with Gasteiger partial charge in [-0.2, -0.15) is 0 Å². The molecule has 5 unspecified atom stereocenters. The molecule has 148 valence electrons. The Morgan fingerprint density at radius 1 is 1.15 bits per heavy atom. The third kappa shape index (κ3) is 2.59. The average molecular weight is 375 g/mol. The van der Waals surface area contributed by atoms with Crippen molar-refractivity contribution in [2.24, 2.45) is 11.8 Å². The maximum atomic E-state index is 12.1. The fraction of sp³-hybridized carbons (Fsp3) is 0.810. The maximum Gasteiger partial charge on any atom is 0.336 e. The standard InChI is InChI=1S/C21H29NO5/c1-3-13-19-15-7-6-14(16-8-9-18(23)25-16)22(15)10-4-5-17(19)26-21(13)11-12(2)20(24)27-21/h11,13-17,19H,3-10H2,1-2H3/t13?,14?,15?,16-,17?,19+,21?/m0/s1. The quantitative estimate of drug-likeness (QED) is 0.691. The van der Waals surface area contributed by atoms with Crippen LogP contribution in [0.3, 0.4) is 0 Å². The van der Waals surface area contributed by atoms with Gasteiger partial charge < -0.3 is 14.2 Å². The molecule has 0 aromatic carbocycles. The molecule has 5 heterocycles. The molecule has 5 aliphatic rings. The van der Waals surface area contributed by atoms with Crippen LogP contribution in [0, 0.1) is 11.8 Å². The lowest BCUT2D eigenvalue weighted by molar-refractivity contribution is -0.204. The van der Waals surface area contributed by atoms with Crippen LogP contribution in [0.5, 0.6) is 0 Å². The summed E-state index contributed by atoms with van der Waals surface area (Å²) < 4.78 is 17.9. The SMILES string of the molecule is CCC1[C@H]2C(CCCN3C2CCC3[C@@H]2CCC(=O)O2)OC12C=C(C)C(=O)O2. The van der Waals surface area contributed by atoms with Crippen LogP contribution in [-0.2, 0) is 23.8 Å². The summed E-state index contributed by atoms with van der Waals surface area (Å²) in [6, 6.07) is 0.747. The fourth-order valence-electron chi connectivity index (χ4n) is 6.47. The average Bonchev–Trinajstić information content (AvgIpc) is 3.34. The number of fused-ring (bicyclic) bond motifs is 3. The first-order chi connectivity index (χ1) is 13.0. The van der Waals surface area contributed by atoms with Crippen molar-refractivity contribution in [1.82, 2.24) is 4.90 Å². The van der Waals surface area contributed by atoms with Gasteiger partial charge in [0.1, 0.15) is 6.10 Å². The highest BCUT2D eigenvalue weighted by Crippen LogP contribution is 2.54. The molecule has 1 spiro atoms. The minimum Gasteiger partial charge on any atom is -0.461 e. The van der Waals surface area contributed by atoms with Crippen LogP contribution in [0.2, 0.25) is 0 Å². The molecule has 0 aromatic heterocycles. The summed E-state index contributed by atoms with van der Waals surface area (Å²) >= 11 is 0. The van der Waals surface area contributed by atoms with E-state index >= 15 is 0 Å². The Morgan fingerprint density at radius 3 is 2.63 bits per heavy atom. The number of carbonyl (C=O) groups is 2. The molecular weight excluding hydrogens is 346 g/mol. The number of hydrogen-bond donors (Lipinski definition) is 0. The third-order valence-electron chi connectivity index (χ3n) is 7.48. The molecule has 7 atom stereocenters. The molecule has 0 amide bonds. The molecule has 5 aliphatic heterocycles. The summed E-state index contributed by atoms with van der Waals surface area (Å²) in [5.74, 6) is -0.631. The van der Waals surface area contributed by atoms with E-state index in [1.165, 1.54) is 0 Å². The molecule has 0 radical (unpaired) electrons. The summed E-state index contributed by atoms with van der Waals surface area (Å²) in [6.07, 6.45) is 8.66. The normalized spacial score (nSPS) is 46.8. The Kier molecular flexibility index (Phi) is 4.13. The number of carbonyl (C=O) groups excluding carboxylic acids is 2. The smallest absolute Gasteiger partial charge is 0.336 e. The van der Waals surface area contributed by atoms with Crippen molar-refractivity contribution in [3.8, 4) is 0 Å². The molecule has 5 rings (SSSR count). The second-order valence-corrected chi connectivity index (χ2v) is 8.85. The van der Waals surface area contributed by atoms with E-state index in [1.54, 1.807) is 0 Å². The number of rotatable bonds is 2. The maximum absolute atomic E-state index is 12.1. The molecule has 0 N–H and O–H groups in total. The van der Waals surface area contributed by atoms with Gasteiger partial charge in [0.2, 0.25) is 5.79 Å². The van der Waals surface area contributed by atoms with E-state index in [-0.39, 0.29) is 30.1 Å². The van der Waals surface area contributed by atoms with Gasteiger partial charge in [-0.15, -0.1) is 0 Å². The molecule has 0 bridgehead atoms. The van der Waals surface area contributed by atoms with Gasteiger partial charge in [0.05, 0.1) is 6.10 Å². The lowest BCUT2D eigenvalue weighted by Gasteiger charge is -2.37.